The highest BCUT2D eigenvalue weighted by atomic mass is 16.5. The van der Waals surface area contributed by atoms with Crippen molar-refractivity contribution < 1.29 is 9.84 Å². The number of nitrogens with zero attached hydrogens (tertiary/aromatic N) is 1. The molecule has 0 amide bonds. The molecule has 4 nitrogen and oxygen atoms in total. The summed E-state index contributed by atoms with van der Waals surface area (Å²) in [5.74, 6) is 0. The van der Waals surface area contributed by atoms with Gasteiger partial charge in [-0.3, -0.25) is 4.90 Å². The Kier molecular flexibility index (Phi) is 4.58. The van der Waals surface area contributed by atoms with Crippen molar-refractivity contribution >= 4 is 0 Å². The first-order chi connectivity index (χ1) is 7.85. The number of aliphatic hydroxyl groups excluding tert-OH is 1. The van der Waals surface area contributed by atoms with Crippen LogP contribution in [0, 0.1) is 0 Å². The first-order valence-electron chi connectivity index (χ1n) is 6.51. The molecule has 0 aromatic carbocycles. The number of nitrogens with one attached hydrogen (secondary N) is 1. The first kappa shape index (κ1) is 12.3. The second-order valence-corrected chi connectivity index (χ2v) is 5.03. The van der Waals surface area contributed by atoms with Gasteiger partial charge in [0.05, 0.1) is 19.8 Å². The Morgan fingerprint density at radius 1 is 1.25 bits per heavy atom. The topological polar surface area (TPSA) is 44.7 Å². The van der Waals surface area contributed by atoms with Crippen LogP contribution in [0.4, 0.5) is 0 Å². The Hall–Kier alpha value is -0.160. The summed E-state index contributed by atoms with van der Waals surface area (Å²) in [6, 6.07) is 0. The summed E-state index contributed by atoms with van der Waals surface area (Å²) in [7, 11) is 0. The summed E-state index contributed by atoms with van der Waals surface area (Å²) in [5.41, 5.74) is -0.00342. The lowest BCUT2D eigenvalue weighted by atomic mass is 9.86. The maximum absolute atomic E-state index is 9.57. The van der Waals surface area contributed by atoms with E-state index in [9.17, 15) is 5.11 Å². The lowest BCUT2D eigenvalue weighted by Crippen LogP contribution is -2.53. The predicted octanol–water partition coefficient (Wildman–Crippen LogP) is 0.213. The molecule has 0 aliphatic carbocycles. The Labute approximate surface area is 98.0 Å². The van der Waals surface area contributed by atoms with Crippen LogP contribution in [0.3, 0.4) is 0 Å². The molecule has 1 unspecified atom stereocenters. The standard InChI is InChI=1S/C12H24N2O2/c15-11-12(3-1-2-5-13-12)4-6-14-7-9-16-10-8-14/h13,15H,1-11H2. The van der Waals surface area contributed by atoms with Gasteiger partial charge in [0, 0.05) is 25.2 Å². The van der Waals surface area contributed by atoms with Crippen LogP contribution in [0.1, 0.15) is 25.7 Å². The number of hydrogen-bond donors (Lipinski definition) is 2. The van der Waals surface area contributed by atoms with E-state index < -0.39 is 0 Å². The molecule has 0 aromatic heterocycles. The second-order valence-electron chi connectivity index (χ2n) is 5.03. The van der Waals surface area contributed by atoms with E-state index >= 15 is 0 Å². The molecular formula is C12H24N2O2. The van der Waals surface area contributed by atoms with Gasteiger partial charge < -0.3 is 15.2 Å². The van der Waals surface area contributed by atoms with Crippen molar-refractivity contribution in [1.29, 1.82) is 0 Å². The second kappa shape index (κ2) is 5.96. The van der Waals surface area contributed by atoms with Gasteiger partial charge in [0.25, 0.3) is 0 Å². The monoisotopic (exact) mass is 228 g/mol. The zero-order valence-electron chi connectivity index (χ0n) is 10.1. The SMILES string of the molecule is OCC1(CCN2CCOCC2)CCCCN1. The smallest absolute Gasteiger partial charge is 0.0613 e. The average molecular weight is 228 g/mol. The highest BCUT2D eigenvalue weighted by molar-refractivity contribution is 4.91. The highest BCUT2D eigenvalue weighted by Gasteiger charge is 2.31. The van der Waals surface area contributed by atoms with Crippen LogP contribution in [-0.2, 0) is 4.74 Å². The molecule has 0 saturated carbocycles. The normalized spacial score (nSPS) is 32.8. The summed E-state index contributed by atoms with van der Waals surface area (Å²) in [5, 5.41) is 13.1. The molecule has 2 fully saturated rings. The zero-order valence-corrected chi connectivity index (χ0v) is 10.1. The third-order valence-electron chi connectivity index (χ3n) is 3.90. The molecule has 2 saturated heterocycles. The van der Waals surface area contributed by atoms with Crippen LogP contribution in [0.5, 0.6) is 0 Å². The van der Waals surface area contributed by atoms with Gasteiger partial charge in [0.15, 0.2) is 0 Å². The summed E-state index contributed by atoms with van der Waals surface area (Å²) >= 11 is 0. The molecule has 94 valence electrons. The molecule has 0 radical (unpaired) electrons. The van der Waals surface area contributed by atoms with Crippen LogP contribution in [0.15, 0.2) is 0 Å². The van der Waals surface area contributed by atoms with Crippen LogP contribution >= 0.6 is 0 Å². The quantitative estimate of drug-likeness (QED) is 0.722. The van der Waals surface area contributed by atoms with E-state index in [2.05, 4.69) is 10.2 Å². The lowest BCUT2D eigenvalue weighted by Gasteiger charge is -2.39. The van der Waals surface area contributed by atoms with Gasteiger partial charge in [-0.25, -0.2) is 0 Å². The van der Waals surface area contributed by atoms with Crippen molar-refractivity contribution in [2.75, 3.05) is 46.0 Å². The van der Waals surface area contributed by atoms with Crippen molar-refractivity contribution in [1.82, 2.24) is 10.2 Å². The van der Waals surface area contributed by atoms with Crippen LogP contribution < -0.4 is 5.32 Å². The Morgan fingerprint density at radius 2 is 2.06 bits per heavy atom. The number of rotatable bonds is 4. The summed E-state index contributed by atoms with van der Waals surface area (Å²) in [6.45, 7) is 6.22. The largest absolute Gasteiger partial charge is 0.394 e. The third kappa shape index (κ3) is 3.17. The van der Waals surface area contributed by atoms with Crippen LogP contribution in [0.2, 0.25) is 0 Å². The van der Waals surface area contributed by atoms with Crippen molar-refractivity contribution in [3.63, 3.8) is 0 Å². The van der Waals surface area contributed by atoms with E-state index in [4.69, 9.17) is 4.74 Å². The van der Waals surface area contributed by atoms with E-state index in [0.717, 1.165) is 52.2 Å². The lowest BCUT2D eigenvalue weighted by molar-refractivity contribution is 0.0277. The first-order valence-corrected chi connectivity index (χ1v) is 6.51. The highest BCUT2D eigenvalue weighted by Crippen LogP contribution is 2.22. The van der Waals surface area contributed by atoms with Gasteiger partial charge in [-0.05, 0) is 25.8 Å². The van der Waals surface area contributed by atoms with E-state index in [1.165, 1.54) is 12.8 Å². The van der Waals surface area contributed by atoms with E-state index in [0.29, 0.717) is 0 Å². The zero-order chi connectivity index (χ0) is 11.3. The van der Waals surface area contributed by atoms with Crippen LogP contribution in [0.25, 0.3) is 0 Å². The molecule has 2 N–H and O–H groups in total. The molecule has 0 aromatic rings. The summed E-state index contributed by atoms with van der Waals surface area (Å²) < 4.78 is 5.34. The number of hydrogen-bond acceptors (Lipinski definition) is 4. The summed E-state index contributed by atoms with van der Waals surface area (Å²) in [4.78, 5) is 2.44. The Morgan fingerprint density at radius 3 is 2.69 bits per heavy atom. The van der Waals surface area contributed by atoms with E-state index in [1.807, 2.05) is 0 Å². The average Bonchev–Trinajstić information content (AvgIpc) is 2.39. The molecule has 2 aliphatic heterocycles. The number of morpholine rings is 1. The van der Waals surface area contributed by atoms with Crippen molar-refractivity contribution in [2.24, 2.45) is 0 Å². The Bertz CT molecular complexity index is 199. The maximum Gasteiger partial charge on any atom is 0.0613 e. The summed E-state index contributed by atoms with van der Waals surface area (Å²) in [6.07, 6.45) is 4.67. The Balaban J connectivity index is 1.77. The van der Waals surface area contributed by atoms with Gasteiger partial charge >= 0.3 is 0 Å². The number of piperidine rings is 1. The fourth-order valence-electron chi connectivity index (χ4n) is 2.65. The van der Waals surface area contributed by atoms with Crippen molar-refractivity contribution in [3.05, 3.63) is 0 Å². The fraction of sp³-hybridized carbons (Fsp3) is 1.00. The van der Waals surface area contributed by atoms with E-state index in [1.54, 1.807) is 0 Å². The molecule has 0 bridgehead atoms. The molecule has 2 aliphatic rings. The molecular weight excluding hydrogens is 204 g/mol. The van der Waals surface area contributed by atoms with Crippen molar-refractivity contribution in [3.8, 4) is 0 Å². The molecule has 2 heterocycles. The number of aliphatic hydroxyl groups is 1. The predicted molar refractivity (Wildman–Crippen MR) is 63.5 cm³/mol. The minimum Gasteiger partial charge on any atom is -0.394 e. The third-order valence-corrected chi connectivity index (χ3v) is 3.90. The molecule has 2 rings (SSSR count). The van der Waals surface area contributed by atoms with Gasteiger partial charge in [-0.15, -0.1) is 0 Å². The molecule has 1 atom stereocenters. The molecule has 0 spiro atoms. The van der Waals surface area contributed by atoms with E-state index in [-0.39, 0.29) is 12.1 Å². The van der Waals surface area contributed by atoms with Gasteiger partial charge in [0.1, 0.15) is 0 Å². The molecule has 16 heavy (non-hydrogen) atoms. The minimum atomic E-state index is -0.00342. The van der Waals surface area contributed by atoms with Crippen LogP contribution in [-0.4, -0.2) is 61.5 Å². The van der Waals surface area contributed by atoms with Crippen molar-refractivity contribution in [2.45, 2.75) is 31.2 Å². The minimum absolute atomic E-state index is 0.00342. The van der Waals surface area contributed by atoms with Gasteiger partial charge in [-0.1, -0.05) is 6.42 Å². The van der Waals surface area contributed by atoms with Gasteiger partial charge in [0.2, 0.25) is 0 Å². The van der Waals surface area contributed by atoms with Gasteiger partial charge in [-0.2, -0.15) is 0 Å². The maximum atomic E-state index is 9.57. The molecule has 4 heteroatoms. The fourth-order valence-corrected chi connectivity index (χ4v) is 2.65. The number of ether oxygens (including phenoxy) is 1.